The van der Waals surface area contributed by atoms with Crippen molar-refractivity contribution in [3.63, 3.8) is 0 Å². The molecule has 1 aromatic heterocycles. The molecular formula is C15H22N4O2. The Morgan fingerprint density at radius 2 is 2.05 bits per heavy atom. The lowest BCUT2D eigenvalue weighted by Crippen LogP contribution is -2.49. The van der Waals surface area contributed by atoms with Crippen molar-refractivity contribution < 1.29 is 9.32 Å². The second kappa shape index (κ2) is 5.99. The first-order valence-electron chi connectivity index (χ1n) is 7.46. The average molecular weight is 290 g/mol. The minimum atomic E-state index is 0.196. The van der Waals surface area contributed by atoms with Gasteiger partial charge in [-0.05, 0) is 19.4 Å². The Labute approximate surface area is 124 Å². The number of hydrogen-bond donors (Lipinski definition) is 1. The lowest BCUT2D eigenvalue weighted by molar-refractivity contribution is -0.129. The third-order valence-electron chi connectivity index (χ3n) is 4.24. The Hall–Kier alpha value is -1.66. The van der Waals surface area contributed by atoms with E-state index in [2.05, 4.69) is 15.4 Å². The number of carbonyl (C=O) groups is 1. The molecule has 0 aliphatic carbocycles. The van der Waals surface area contributed by atoms with Crippen molar-refractivity contribution in [3.05, 3.63) is 28.7 Å². The van der Waals surface area contributed by atoms with E-state index in [0.717, 1.165) is 62.8 Å². The van der Waals surface area contributed by atoms with E-state index < -0.39 is 0 Å². The van der Waals surface area contributed by atoms with Crippen LogP contribution in [0.5, 0.6) is 0 Å². The van der Waals surface area contributed by atoms with Gasteiger partial charge in [0.15, 0.2) is 5.76 Å². The number of nitrogens with zero attached hydrogens (tertiary/aromatic N) is 3. The van der Waals surface area contributed by atoms with Crippen molar-refractivity contribution in [2.75, 3.05) is 39.3 Å². The summed E-state index contributed by atoms with van der Waals surface area (Å²) in [5, 5.41) is 7.09. The topological polar surface area (TPSA) is 61.6 Å². The van der Waals surface area contributed by atoms with Crippen molar-refractivity contribution in [1.82, 2.24) is 20.3 Å². The quantitative estimate of drug-likeness (QED) is 0.824. The predicted octanol–water partition coefficient (Wildman–Crippen LogP) is 0.547. The van der Waals surface area contributed by atoms with Gasteiger partial charge in [0, 0.05) is 50.9 Å². The van der Waals surface area contributed by atoms with Crippen molar-refractivity contribution in [2.24, 2.45) is 0 Å². The molecule has 0 radical (unpaired) electrons. The molecule has 3 rings (SSSR count). The summed E-state index contributed by atoms with van der Waals surface area (Å²) in [6.45, 7) is 9.70. The summed E-state index contributed by atoms with van der Waals surface area (Å²) in [6, 6.07) is 1.97. The number of rotatable bonds is 3. The van der Waals surface area contributed by atoms with Crippen LogP contribution in [-0.4, -0.2) is 60.1 Å². The molecular weight excluding hydrogens is 268 g/mol. The fourth-order valence-corrected chi connectivity index (χ4v) is 2.72. The van der Waals surface area contributed by atoms with Crippen LogP contribution in [0, 0.1) is 6.92 Å². The van der Waals surface area contributed by atoms with Gasteiger partial charge in [-0.1, -0.05) is 5.16 Å². The molecule has 0 saturated carbocycles. The number of hydrogen-bond acceptors (Lipinski definition) is 5. The smallest absolute Gasteiger partial charge is 0.249 e. The SMILES string of the molecule is CC(C(=O)N1CCN(Cc2cc(C)no2)CC1)=C1CNC1. The highest BCUT2D eigenvalue weighted by atomic mass is 16.5. The molecule has 2 aliphatic heterocycles. The third kappa shape index (κ3) is 3.16. The maximum absolute atomic E-state index is 12.4. The largest absolute Gasteiger partial charge is 0.360 e. The fourth-order valence-electron chi connectivity index (χ4n) is 2.72. The molecule has 0 atom stereocenters. The zero-order chi connectivity index (χ0) is 14.8. The molecule has 114 valence electrons. The Morgan fingerprint density at radius 3 is 2.57 bits per heavy atom. The Morgan fingerprint density at radius 1 is 1.33 bits per heavy atom. The van der Waals surface area contributed by atoms with E-state index in [-0.39, 0.29) is 5.91 Å². The van der Waals surface area contributed by atoms with Crippen molar-refractivity contribution in [2.45, 2.75) is 20.4 Å². The van der Waals surface area contributed by atoms with Crippen molar-refractivity contribution >= 4 is 5.91 Å². The second-order valence-corrected chi connectivity index (χ2v) is 5.84. The number of aromatic nitrogens is 1. The molecule has 2 fully saturated rings. The van der Waals surface area contributed by atoms with Crippen molar-refractivity contribution in [3.8, 4) is 0 Å². The predicted molar refractivity (Wildman–Crippen MR) is 78.7 cm³/mol. The summed E-state index contributed by atoms with van der Waals surface area (Å²) in [5.74, 6) is 1.09. The van der Waals surface area contributed by atoms with E-state index in [9.17, 15) is 4.79 Å². The number of nitrogens with one attached hydrogen (secondary N) is 1. The van der Waals surface area contributed by atoms with Gasteiger partial charge in [0.25, 0.3) is 0 Å². The molecule has 3 heterocycles. The monoisotopic (exact) mass is 290 g/mol. The van der Waals surface area contributed by atoms with Gasteiger partial charge in [-0.3, -0.25) is 9.69 Å². The second-order valence-electron chi connectivity index (χ2n) is 5.84. The average Bonchev–Trinajstić information content (AvgIpc) is 2.82. The van der Waals surface area contributed by atoms with Crippen molar-refractivity contribution in [1.29, 1.82) is 0 Å². The maximum Gasteiger partial charge on any atom is 0.249 e. The molecule has 0 unspecified atom stereocenters. The highest BCUT2D eigenvalue weighted by molar-refractivity contribution is 5.94. The van der Waals surface area contributed by atoms with E-state index in [1.807, 2.05) is 24.8 Å². The first kappa shape index (κ1) is 14.3. The summed E-state index contributed by atoms with van der Waals surface area (Å²) in [7, 11) is 0. The van der Waals surface area contributed by atoms with Crippen LogP contribution in [0.3, 0.4) is 0 Å². The van der Waals surface area contributed by atoms with Gasteiger partial charge in [-0.2, -0.15) is 0 Å². The molecule has 6 nitrogen and oxygen atoms in total. The van der Waals surface area contributed by atoms with Gasteiger partial charge in [0.2, 0.25) is 5.91 Å². The van der Waals surface area contributed by atoms with Gasteiger partial charge in [0.05, 0.1) is 12.2 Å². The Balaban J connectivity index is 1.52. The van der Waals surface area contributed by atoms with Crippen LogP contribution in [0.1, 0.15) is 18.4 Å². The molecule has 0 spiro atoms. The molecule has 6 heteroatoms. The molecule has 0 bridgehead atoms. The third-order valence-corrected chi connectivity index (χ3v) is 4.24. The van der Waals surface area contributed by atoms with Gasteiger partial charge < -0.3 is 14.7 Å². The molecule has 2 aliphatic rings. The minimum Gasteiger partial charge on any atom is -0.360 e. The lowest BCUT2D eigenvalue weighted by atomic mass is 10.0. The van der Waals surface area contributed by atoms with E-state index in [1.54, 1.807) is 0 Å². The normalized spacial score (nSPS) is 19.5. The molecule has 21 heavy (non-hydrogen) atoms. The zero-order valence-corrected chi connectivity index (χ0v) is 12.7. The van der Waals surface area contributed by atoms with E-state index in [0.29, 0.717) is 0 Å². The molecule has 0 aromatic carbocycles. The van der Waals surface area contributed by atoms with Crippen LogP contribution in [0.15, 0.2) is 21.7 Å². The summed E-state index contributed by atoms with van der Waals surface area (Å²) < 4.78 is 5.25. The van der Waals surface area contributed by atoms with Crippen LogP contribution in [0.4, 0.5) is 0 Å². The Bertz CT molecular complexity index is 550. The van der Waals surface area contributed by atoms with E-state index >= 15 is 0 Å². The lowest BCUT2D eigenvalue weighted by Gasteiger charge is -2.35. The van der Waals surface area contributed by atoms with Crippen LogP contribution >= 0.6 is 0 Å². The standard InChI is InChI=1S/C15H22N4O2/c1-11-7-14(21-17-11)10-18-3-5-19(6-4-18)15(20)12(2)13-8-16-9-13/h7,16H,3-6,8-10H2,1-2H3. The number of aryl methyl sites for hydroxylation is 1. The molecule has 1 amide bonds. The number of piperazine rings is 1. The molecule has 1 aromatic rings. The highest BCUT2D eigenvalue weighted by Crippen LogP contribution is 2.15. The number of carbonyl (C=O) groups excluding carboxylic acids is 1. The van der Waals surface area contributed by atoms with Crippen LogP contribution < -0.4 is 5.32 Å². The van der Waals surface area contributed by atoms with Crippen LogP contribution in [0.25, 0.3) is 0 Å². The Kier molecular flexibility index (Phi) is 4.07. The summed E-state index contributed by atoms with van der Waals surface area (Å²) in [4.78, 5) is 16.7. The van der Waals surface area contributed by atoms with Gasteiger partial charge in [-0.25, -0.2) is 0 Å². The summed E-state index contributed by atoms with van der Waals surface area (Å²) in [5.41, 5.74) is 3.09. The molecule has 2 saturated heterocycles. The zero-order valence-electron chi connectivity index (χ0n) is 12.7. The minimum absolute atomic E-state index is 0.196. The van der Waals surface area contributed by atoms with Crippen LogP contribution in [0.2, 0.25) is 0 Å². The first-order chi connectivity index (χ1) is 10.1. The van der Waals surface area contributed by atoms with E-state index in [1.165, 1.54) is 5.57 Å². The number of amides is 1. The first-order valence-corrected chi connectivity index (χ1v) is 7.46. The van der Waals surface area contributed by atoms with Crippen LogP contribution in [-0.2, 0) is 11.3 Å². The van der Waals surface area contributed by atoms with E-state index in [4.69, 9.17) is 4.52 Å². The fraction of sp³-hybridized carbons (Fsp3) is 0.600. The van der Waals surface area contributed by atoms with Gasteiger partial charge in [0.1, 0.15) is 0 Å². The molecule has 1 N–H and O–H groups in total. The maximum atomic E-state index is 12.4. The summed E-state index contributed by atoms with van der Waals surface area (Å²) >= 11 is 0. The highest BCUT2D eigenvalue weighted by Gasteiger charge is 2.25. The summed E-state index contributed by atoms with van der Waals surface area (Å²) in [6.07, 6.45) is 0. The van der Waals surface area contributed by atoms with Gasteiger partial charge >= 0.3 is 0 Å². The van der Waals surface area contributed by atoms with Gasteiger partial charge in [-0.15, -0.1) is 0 Å².